The fraction of sp³-hybridized carbons (Fsp3) is 0.762. The molecule has 8 nitrogen and oxygen atoms in total. The predicted molar refractivity (Wildman–Crippen MR) is 191 cm³/mol. The number of rotatable bonds is 10. The number of amides is 1. The highest BCUT2D eigenvalue weighted by Crippen LogP contribution is 2.78. The molecule has 4 fully saturated rings. The second kappa shape index (κ2) is 12.9. The largest absolute Gasteiger partial charge is 0.461 e. The highest BCUT2D eigenvalue weighted by molar-refractivity contribution is 6.08. The van der Waals surface area contributed by atoms with Crippen LogP contribution in [0.3, 0.4) is 0 Å². The maximum Gasteiger partial charge on any atom is 0.410 e. The quantitative estimate of drug-likeness (QED) is 0.145. The van der Waals surface area contributed by atoms with E-state index < -0.39 is 27.9 Å². The topological polar surface area (TPSA) is 109 Å². The average molecular weight is 692 g/mol. The normalized spacial score (nSPS) is 43.2. The number of furan rings is 1. The van der Waals surface area contributed by atoms with Gasteiger partial charge in [-0.2, -0.15) is 0 Å². The number of hydrogen-bond acceptors (Lipinski definition) is 7. The van der Waals surface area contributed by atoms with Gasteiger partial charge in [-0.15, -0.1) is 0 Å². The van der Waals surface area contributed by atoms with E-state index >= 15 is 0 Å². The minimum absolute atomic E-state index is 0.0106. The number of aliphatic hydroxyl groups excluding tert-OH is 1. The molecule has 50 heavy (non-hydrogen) atoms. The lowest BCUT2D eigenvalue weighted by Gasteiger charge is -2.71. The van der Waals surface area contributed by atoms with E-state index in [1.54, 1.807) is 30.4 Å². The average Bonchev–Trinajstić information content (AvgIpc) is 3.70. The van der Waals surface area contributed by atoms with Crippen LogP contribution in [-0.2, 0) is 9.47 Å². The predicted octanol–water partition coefficient (Wildman–Crippen LogP) is 7.99. The monoisotopic (exact) mass is 691 g/mol. The fourth-order valence-corrected chi connectivity index (χ4v) is 12.5. The lowest BCUT2D eigenvalue weighted by Crippen LogP contribution is -2.67. The maximum absolute atomic E-state index is 14.5. The molecule has 0 saturated heterocycles. The van der Waals surface area contributed by atoms with Crippen molar-refractivity contribution in [3.05, 3.63) is 48.0 Å². The van der Waals surface area contributed by atoms with E-state index in [4.69, 9.17) is 13.9 Å². The lowest BCUT2D eigenvalue weighted by atomic mass is 9.32. The van der Waals surface area contributed by atoms with Crippen LogP contribution >= 0.6 is 0 Å². The van der Waals surface area contributed by atoms with E-state index in [2.05, 4.69) is 52.8 Å². The first-order valence-corrected chi connectivity index (χ1v) is 19.6. The van der Waals surface area contributed by atoms with Gasteiger partial charge < -0.3 is 29.0 Å². The van der Waals surface area contributed by atoms with Crippen LogP contribution in [0.25, 0.3) is 0 Å². The molecule has 1 heterocycles. The zero-order valence-electron chi connectivity index (χ0n) is 31.3. The molecule has 7 aliphatic carbocycles. The van der Waals surface area contributed by atoms with E-state index in [1.807, 2.05) is 0 Å². The number of ketones is 1. The van der Waals surface area contributed by atoms with Crippen LogP contribution in [-0.4, -0.2) is 71.6 Å². The Balaban J connectivity index is 1.23. The minimum Gasteiger partial charge on any atom is -0.461 e. The Kier molecular flexibility index (Phi) is 9.28. The Morgan fingerprint density at radius 3 is 2.50 bits per heavy atom. The van der Waals surface area contributed by atoms with Gasteiger partial charge in [0, 0.05) is 42.1 Å². The summed E-state index contributed by atoms with van der Waals surface area (Å²) in [6.45, 7) is 12.5. The number of allylic oxidation sites excluding steroid dienone is 4. The van der Waals surface area contributed by atoms with Gasteiger partial charge in [-0.25, -0.2) is 4.79 Å². The molecule has 11 atom stereocenters. The van der Waals surface area contributed by atoms with Gasteiger partial charge in [0.25, 0.3) is 0 Å². The third-order valence-corrected chi connectivity index (χ3v) is 15.4. The highest BCUT2D eigenvalue weighted by atomic mass is 16.6. The van der Waals surface area contributed by atoms with Gasteiger partial charge in [0.05, 0.1) is 24.5 Å². The number of carbonyl (C=O) groups is 2. The Bertz CT molecular complexity index is 1500. The standard InChI is InChI=1S/C42H61NO7/c1-27(2)30-11-10-28(3)23-33(30)50-37(46)43(20-8-21-48-6)26-41(47)17-14-35-39(41,5)16-13-34-38(4)15-12-29(44)24-40(38)18-19-42(34,35)31(25-40)36(45)32-9-7-22-49-32/h7,9,18-19,22,25,27-30,33-35,44,47H,8,10-17,20-21,23-24,26H2,1-6H3/t28-,29?,30+,33-,34+,35+,38+,39-,40-,41+,42+/m0/s1. The summed E-state index contributed by atoms with van der Waals surface area (Å²) < 4.78 is 17.5. The zero-order valence-corrected chi connectivity index (χ0v) is 31.3. The molecule has 4 saturated carbocycles. The Morgan fingerprint density at radius 2 is 1.78 bits per heavy atom. The number of nitrogens with zero attached hydrogens (tertiary/aromatic N) is 1. The van der Waals surface area contributed by atoms with Crippen LogP contribution in [0.15, 0.2) is 46.6 Å². The molecule has 1 unspecified atom stereocenters. The first-order valence-electron chi connectivity index (χ1n) is 19.6. The second-order valence-electron chi connectivity index (χ2n) is 18.1. The molecule has 8 heteroatoms. The van der Waals surface area contributed by atoms with E-state index in [0.717, 1.165) is 56.9 Å². The maximum atomic E-state index is 14.5. The van der Waals surface area contributed by atoms with Crippen LogP contribution in [0.4, 0.5) is 4.79 Å². The van der Waals surface area contributed by atoms with Gasteiger partial charge in [0.15, 0.2) is 5.76 Å². The summed E-state index contributed by atoms with van der Waals surface area (Å²) >= 11 is 0. The number of carbonyl (C=O) groups excluding carboxylic acids is 2. The molecule has 1 amide bonds. The van der Waals surface area contributed by atoms with Gasteiger partial charge >= 0.3 is 6.09 Å². The van der Waals surface area contributed by atoms with Gasteiger partial charge in [-0.3, -0.25) is 4.79 Å². The minimum atomic E-state index is -1.16. The Hall–Kier alpha value is -2.42. The van der Waals surface area contributed by atoms with Crippen molar-refractivity contribution < 1.29 is 33.7 Å². The van der Waals surface area contributed by atoms with Crippen molar-refractivity contribution in [2.75, 3.05) is 26.8 Å². The number of methoxy groups -OCH3 is 1. The van der Waals surface area contributed by atoms with Crippen LogP contribution < -0.4 is 0 Å². The van der Waals surface area contributed by atoms with Crippen molar-refractivity contribution in [2.24, 2.45) is 51.2 Å². The smallest absolute Gasteiger partial charge is 0.410 e. The van der Waals surface area contributed by atoms with Crippen molar-refractivity contribution in [1.82, 2.24) is 4.90 Å². The molecular weight excluding hydrogens is 630 g/mol. The molecule has 8 rings (SSSR count). The molecular formula is C42H61NO7. The van der Waals surface area contributed by atoms with Crippen LogP contribution in [0, 0.1) is 51.2 Å². The molecule has 2 bridgehead atoms. The summed E-state index contributed by atoms with van der Waals surface area (Å²) in [6, 6.07) is 3.52. The van der Waals surface area contributed by atoms with Crippen LogP contribution in [0.5, 0.6) is 0 Å². The first kappa shape index (κ1) is 36.0. The molecule has 1 aromatic rings. The third-order valence-electron chi connectivity index (χ3n) is 15.4. The zero-order chi connectivity index (χ0) is 35.7. The van der Waals surface area contributed by atoms with Crippen molar-refractivity contribution in [3.8, 4) is 0 Å². The second-order valence-corrected chi connectivity index (χ2v) is 18.1. The summed E-state index contributed by atoms with van der Waals surface area (Å²) in [6.07, 6.45) is 16.5. The van der Waals surface area contributed by atoms with Crippen molar-refractivity contribution >= 4 is 11.9 Å². The number of ether oxygens (including phenoxy) is 2. The Labute approximate surface area is 299 Å². The van der Waals surface area contributed by atoms with Crippen molar-refractivity contribution in [1.29, 1.82) is 0 Å². The summed E-state index contributed by atoms with van der Waals surface area (Å²) in [5.41, 5.74) is -2.04. The first-order chi connectivity index (χ1) is 23.7. The van der Waals surface area contributed by atoms with Gasteiger partial charge in [0.2, 0.25) is 5.78 Å². The van der Waals surface area contributed by atoms with Gasteiger partial charge in [-0.05, 0) is 111 Å². The third kappa shape index (κ3) is 5.31. The number of fused-ring (bicyclic) bond motifs is 1. The van der Waals surface area contributed by atoms with Crippen LogP contribution in [0.1, 0.15) is 116 Å². The summed E-state index contributed by atoms with van der Waals surface area (Å²) in [7, 11) is 1.67. The van der Waals surface area contributed by atoms with E-state index in [1.165, 1.54) is 0 Å². The molecule has 1 aromatic heterocycles. The summed E-state index contributed by atoms with van der Waals surface area (Å²) in [5.74, 6) is 1.70. The van der Waals surface area contributed by atoms with E-state index in [-0.39, 0.29) is 41.8 Å². The van der Waals surface area contributed by atoms with Gasteiger partial charge in [-0.1, -0.05) is 59.3 Å². The molecule has 2 spiro atoms. The SMILES string of the molecule is COCCCN(C[C@]1(O)CC[C@H]2[C@]34C=C[C@@]5(C=C3C(=O)c3ccco3)CC(O)CC[C@]5(C)[C@H]4CC[C@@]21C)C(=O)O[C@H]1C[C@@H](C)CC[C@@H]1C(C)C. The van der Waals surface area contributed by atoms with Crippen molar-refractivity contribution in [3.63, 3.8) is 0 Å². The van der Waals surface area contributed by atoms with E-state index in [9.17, 15) is 19.8 Å². The van der Waals surface area contributed by atoms with E-state index in [0.29, 0.717) is 55.9 Å². The summed E-state index contributed by atoms with van der Waals surface area (Å²) in [5, 5.41) is 24.0. The van der Waals surface area contributed by atoms with Crippen LogP contribution in [0.2, 0.25) is 0 Å². The lowest BCUT2D eigenvalue weighted by molar-refractivity contribution is -0.175. The number of Topliss-reactive ketones (excluding diaryl/α,β-unsaturated/α-hetero) is 1. The fourth-order valence-electron chi connectivity index (χ4n) is 12.5. The number of hydrogen-bond donors (Lipinski definition) is 2. The van der Waals surface area contributed by atoms with Crippen molar-refractivity contribution in [2.45, 2.75) is 123 Å². The molecule has 0 radical (unpaired) electrons. The molecule has 0 aliphatic heterocycles. The molecule has 2 N–H and O–H groups in total. The molecule has 0 aromatic carbocycles. The number of aliphatic hydroxyl groups is 2. The summed E-state index contributed by atoms with van der Waals surface area (Å²) in [4.78, 5) is 30.5. The van der Waals surface area contributed by atoms with Gasteiger partial charge in [0.1, 0.15) is 6.10 Å². The highest BCUT2D eigenvalue weighted by Gasteiger charge is 2.74. The molecule has 276 valence electrons. The molecule has 7 aliphatic rings. The Morgan fingerprint density at radius 1 is 1.04 bits per heavy atom.